The SMILES string of the molecule is CCCCCc1cc(C[C@](O)(C(=O)O)[C@@H](N)CC(C)C)ncc1C. The number of aliphatic hydroxyl groups is 1. The number of aromatic nitrogens is 1. The minimum atomic E-state index is -1.99. The Labute approximate surface area is 145 Å². The fourth-order valence-corrected chi connectivity index (χ4v) is 2.89. The monoisotopic (exact) mass is 336 g/mol. The highest BCUT2D eigenvalue weighted by Crippen LogP contribution is 2.22. The molecular formula is C19H32N2O3. The van der Waals surface area contributed by atoms with E-state index >= 15 is 0 Å². The molecule has 0 aliphatic heterocycles. The third-order valence-electron chi connectivity index (χ3n) is 4.48. The Morgan fingerprint density at radius 3 is 2.58 bits per heavy atom. The maximum Gasteiger partial charge on any atom is 0.337 e. The lowest BCUT2D eigenvalue weighted by Crippen LogP contribution is -2.56. The van der Waals surface area contributed by atoms with Gasteiger partial charge in [-0.2, -0.15) is 0 Å². The van der Waals surface area contributed by atoms with Crippen molar-refractivity contribution in [2.45, 2.75) is 77.9 Å². The molecule has 0 unspecified atom stereocenters. The Balaban J connectivity index is 2.98. The number of aliphatic carboxylic acids is 1. The van der Waals surface area contributed by atoms with Crippen molar-refractivity contribution in [1.82, 2.24) is 4.98 Å². The van der Waals surface area contributed by atoms with Gasteiger partial charge in [0.25, 0.3) is 0 Å². The van der Waals surface area contributed by atoms with Crippen molar-refractivity contribution in [3.05, 3.63) is 29.1 Å². The molecule has 0 radical (unpaired) electrons. The zero-order valence-corrected chi connectivity index (χ0v) is 15.4. The molecule has 0 aliphatic carbocycles. The number of carbonyl (C=O) groups is 1. The van der Waals surface area contributed by atoms with Crippen LogP contribution < -0.4 is 5.73 Å². The summed E-state index contributed by atoms with van der Waals surface area (Å²) < 4.78 is 0. The summed E-state index contributed by atoms with van der Waals surface area (Å²) in [4.78, 5) is 16.0. The molecule has 0 bridgehead atoms. The lowest BCUT2D eigenvalue weighted by molar-refractivity contribution is -0.161. The van der Waals surface area contributed by atoms with Gasteiger partial charge in [0.05, 0.1) is 0 Å². The molecule has 2 atom stereocenters. The van der Waals surface area contributed by atoms with Crippen LogP contribution >= 0.6 is 0 Å². The van der Waals surface area contributed by atoms with Crippen molar-refractivity contribution < 1.29 is 15.0 Å². The Bertz CT molecular complexity index is 545. The van der Waals surface area contributed by atoms with Crippen LogP contribution in [-0.4, -0.2) is 32.8 Å². The first kappa shape index (κ1) is 20.6. The summed E-state index contributed by atoms with van der Waals surface area (Å²) in [5, 5.41) is 20.2. The van der Waals surface area contributed by atoms with E-state index in [0.717, 1.165) is 31.2 Å². The molecule has 0 saturated carbocycles. The predicted octanol–water partition coefficient (Wildman–Crippen LogP) is 2.85. The summed E-state index contributed by atoms with van der Waals surface area (Å²) in [6.45, 7) is 8.08. The molecule has 5 heteroatoms. The van der Waals surface area contributed by atoms with Gasteiger partial charge in [0.1, 0.15) is 0 Å². The van der Waals surface area contributed by atoms with Crippen LogP contribution in [0.4, 0.5) is 0 Å². The molecule has 1 aromatic heterocycles. The molecule has 0 aromatic carbocycles. The van der Waals surface area contributed by atoms with E-state index in [1.165, 1.54) is 5.56 Å². The van der Waals surface area contributed by atoms with Gasteiger partial charge in [-0.1, -0.05) is 33.6 Å². The quantitative estimate of drug-likeness (QED) is 0.571. The summed E-state index contributed by atoms with van der Waals surface area (Å²) >= 11 is 0. The van der Waals surface area contributed by atoms with Crippen molar-refractivity contribution in [2.24, 2.45) is 11.7 Å². The molecule has 1 aromatic rings. The summed E-state index contributed by atoms with van der Waals surface area (Å²) in [6.07, 6.45) is 6.48. The van der Waals surface area contributed by atoms with Crippen molar-refractivity contribution in [1.29, 1.82) is 0 Å². The number of unbranched alkanes of at least 4 members (excludes halogenated alkanes) is 2. The summed E-state index contributed by atoms with van der Waals surface area (Å²) in [6, 6.07) is 1.09. The van der Waals surface area contributed by atoms with Gasteiger partial charge in [-0.05, 0) is 49.3 Å². The average molecular weight is 336 g/mol. The smallest absolute Gasteiger partial charge is 0.337 e. The third kappa shape index (κ3) is 5.56. The normalized spacial score (nSPS) is 15.3. The first-order valence-corrected chi connectivity index (χ1v) is 8.86. The Morgan fingerprint density at radius 2 is 2.04 bits per heavy atom. The number of rotatable bonds is 10. The number of nitrogens with two attached hydrogens (primary N) is 1. The average Bonchev–Trinajstić information content (AvgIpc) is 2.49. The number of nitrogens with zero attached hydrogens (tertiary/aromatic N) is 1. The van der Waals surface area contributed by atoms with Gasteiger partial charge in [0, 0.05) is 24.4 Å². The third-order valence-corrected chi connectivity index (χ3v) is 4.48. The minimum absolute atomic E-state index is 0.0721. The zero-order valence-electron chi connectivity index (χ0n) is 15.4. The molecule has 0 aliphatic rings. The van der Waals surface area contributed by atoms with E-state index in [1.54, 1.807) is 6.20 Å². The van der Waals surface area contributed by atoms with Crippen molar-refractivity contribution in [2.75, 3.05) is 0 Å². The lowest BCUT2D eigenvalue weighted by atomic mass is 9.84. The van der Waals surface area contributed by atoms with E-state index in [2.05, 4.69) is 11.9 Å². The van der Waals surface area contributed by atoms with E-state index in [1.807, 2.05) is 26.8 Å². The van der Waals surface area contributed by atoms with Crippen LogP contribution in [0, 0.1) is 12.8 Å². The van der Waals surface area contributed by atoms with Gasteiger partial charge in [0.15, 0.2) is 5.60 Å². The second-order valence-electron chi connectivity index (χ2n) is 7.20. The van der Waals surface area contributed by atoms with Crippen LogP contribution in [0.5, 0.6) is 0 Å². The van der Waals surface area contributed by atoms with E-state index in [0.29, 0.717) is 12.1 Å². The standard InChI is InChI=1S/C19H32N2O3/c1-5-6-7-8-15-10-16(21-12-14(15)4)11-19(24,18(22)23)17(20)9-13(2)3/h10,12-13,17,24H,5-9,11,20H2,1-4H3,(H,22,23)/t17-,19+/m0/s1. The molecule has 4 N–H and O–H groups in total. The van der Waals surface area contributed by atoms with Crippen LogP contribution in [0.15, 0.2) is 12.3 Å². The first-order chi connectivity index (χ1) is 11.2. The maximum atomic E-state index is 11.7. The Kier molecular flexibility index (Phi) is 7.84. The van der Waals surface area contributed by atoms with Gasteiger partial charge in [-0.25, -0.2) is 4.79 Å². The van der Waals surface area contributed by atoms with Gasteiger partial charge >= 0.3 is 5.97 Å². The molecule has 0 saturated heterocycles. The van der Waals surface area contributed by atoms with E-state index in [-0.39, 0.29) is 12.3 Å². The zero-order chi connectivity index (χ0) is 18.3. The molecule has 1 heterocycles. The fraction of sp³-hybridized carbons (Fsp3) is 0.684. The second kappa shape index (κ2) is 9.14. The molecular weight excluding hydrogens is 304 g/mol. The van der Waals surface area contributed by atoms with Crippen LogP contribution in [0.25, 0.3) is 0 Å². The molecule has 0 fully saturated rings. The number of pyridine rings is 1. The number of hydrogen-bond acceptors (Lipinski definition) is 4. The highest BCUT2D eigenvalue weighted by molar-refractivity contribution is 5.78. The van der Waals surface area contributed by atoms with E-state index in [9.17, 15) is 15.0 Å². The summed E-state index contributed by atoms with van der Waals surface area (Å²) in [5.41, 5.74) is 6.86. The molecule has 0 spiro atoms. The first-order valence-electron chi connectivity index (χ1n) is 8.86. The Morgan fingerprint density at radius 1 is 1.38 bits per heavy atom. The van der Waals surface area contributed by atoms with Gasteiger partial charge in [-0.3, -0.25) is 4.98 Å². The van der Waals surface area contributed by atoms with Crippen LogP contribution in [-0.2, 0) is 17.6 Å². The molecule has 5 nitrogen and oxygen atoms in total. The van der Waals surface area contributed by atoms with Crippen LogP contribution in [0.1, 0.15) is 63.3 Å². The van der Waals surface area contributed by atoms with Gasteiger partial charge in [0.2, 0.25) is 0 Å². The predicted molar refractivity (Wildman–Crippen MR) is 95.9 cm³/mol. The lowest BCUT2D eigenvalue weighted by Gasteiger charge is -2.30. The topological polar surface area (TPSA) is 96.4 Å². The number of carboxylic acid groups (broad SMARTS) is 1. The van der Waals surface area contributed by atoms with Crippen LogP contribution in [0.2, 0.25) is 0 Å². The molecule has 24 heavy (non-hydrogen) atoms. The largest absolute Gasteiger partial charge is 0.479 e. The number of hydrogen-bond donors (Lipinski definition) is 3. The van der Waals surface area contributed by atoms with Gasteiger partial charge in [-0.15, -0.1) is 0 Å². The highest BCUT2D eigenvalue weighted by Gasteiger charge is 2.43. The second-order valence-corrected chi connectivity index (χ2v) is 7.20. The van der Waals surface area contributed by atoms with Gasteiger partial charge < -0.3 is 15.9 Å². The number of aryl methyl sites for hydroxylation is 2. The van der Waals surface area contributed by atoms with Crippen molar-refractivity contribution in [3.8, 4) is 0 Å². The van der Waals surface area contributed by atoms with Crippen LogP contribution in [0.3, 0.4) is 0 Å². The number of carboxylic acids is 1. The van der Waals surface area contributed by atoms with Crippen molar-refractivity contribution >= 4 is 5.97 Å². The minimum Gasteiger partial charge on any atom is -0.479 e. The summed E-state index contributed by atoms with van der Waals surface area (Å²) in [5.74, 6) is -1.08. The highest BCUT2D eigenvalue weighted by atomic mass is 16.4. The van der Waals surface area contributed by atoms with E-state index < -0.39 is 17.6 Å². The van der Waals surface area contributed by atoms with Crippen molar-refractivity contribution in [3.63, 3.8) is 0 Å². The maximum absolute atomic E-state index is 11.7. The molecule has 0 amide bonds. The van der Waals surface area contributed by atoms with E-state index in [4.69, 9.17) is 5.73 Å². The molecule has 136 valence electrons. The Hall–Kier alpha value is -1.46. The fourth-order valence-electron chi connectivity index (χ4n) is 2.89. The summed E-state index contributed by atoms with van der Waals surface area (Å²) in [7, 11) is 0. The molecule has 1 rings (SSSR count).